The van der Waals surface area contributed by atoms with Gasteiger partial charge < -0.3 is 14.8 Å². The van der Waals surface area contributed by atoms with Gasteiger partial charge in [0.25, 0.3) is 5.56 Å². The lowest BCUT2D eigenvalue weighted by molar-refractivity contribution is -0.274. The van der Waals surface area contributed by atoms with Crippen molar-refractivity contribution in [2.24, 2.45) is 0 Å². The summed E-state index contributed by atoms with van der Waals surface area (Å²) < 4.78 is 50.4. The molecule has 40 heavy (non-hydrogen) atoms. The molecule has 1 aromatic heterocycles. The van der Waals surface area contributed by atoms with Crippen LogP contribution in [-0.4, -0.2) is 58.6 Å². The maximum absolute atomic E-state index is 13.4. The van der Waals surface area contributed by atoms with Crippen LogP contribution in [0.15, 0.2) is 77.9 Å². The van der Waals surface area contributed by atoms with Crippen molar-refractivity contribution < 1.29 is 27.4 Å². The van der Waals surface area contributed by atoms with E-state index in [1.807, 2.05) is 47.4 Å². The van der Waals surface area contributed by atoms with Gasteiger partial charge in [0.1, 0.15) is 11.9 Å². The highest BCUT2D eigenvalue weighted by atomic mass is 19.4. The molecule has 0 spiro atoms. The summed E-state index contributed by atoms with van der Waals surface area (Å²) in [7, 11) is 0. The van der Waals surface area contributed by atoms with Crippen LogP contribution in [0.2, 0.25) is 0 Å². The lowest BCUT2D eigenvalue weighted by Crippen LogP contribution is -2.51. The number of carbonyl (C=O) groups is 1. The van der Waals surface area contributed by atoms with Crippen LogP contribution in [0.1, 0.15) is 12.8 Å². The summed E-state index contributed by atoms with van der Waals surface area (Å²) in [6, 6.07) is 18.6. The van der Waals surface area contributed by atoms with Crippen LogP contribution in [0.25, 0.3) is 27.7 Å². The molecule has 0 radical (unpaired) electrons. The van der Waals surface area contributed by atoms with Crippen LogP contribution in [0.4, 0.5) is 18.9 Å². The number of morpholine rings is 1. The third-order valence-corrected chi connectivity index (χ3v) is 7.34. The standard InChI is InChI=1S/C29H25F3N4O4/c30-29(31,32)40-25-9-7-21(17-24(25)34-27(38)28(10-11-28)35-12-14-39-15-13-35)36-18-33-23-16-20(6-8-22(23)26(36)37)19-4-2-1-3-5-19/h1-9,16-18H,10-15H2,(H,34,38). The largest absolute Gasteiger partial charge is 0.573 e. The molecular weight excluding hydrogens is 525 g/mol. The number of halogens is 3. The number of anilines is 1. The van der Waals surface area contributed by atoms with Crippen molar-refractivity contribution in [3.05, 3.63) is 83.4 Å². The average molecular weight is 551 g/mol. The molecule has 1 amide bonds. The second-order valence-electron chi connectivity index (χ2n) is 9.83. The van der Waals surface area contributed by atoms with Crippen molar-refractivity contribution in [3.63, 3.8) is 0 Å². The van der Waals surface area contributed by atoms with Crippen LogP contribution in [0.3, 0.4) is 0 Å². The molecule has 1 saturated carbocycles. The lowest BCUT2D eigenvalue weighted by Gasteiger charge is -2.34. The molecule has 1 aliphatic heterocycles. The fourth-order valence-corrected chi connectivity index (χ4v) is 5.13. The number of hydrogen-bond donors (Lipinski definition) is 1. The number of alkyl halides is 3. The molecule has 3 aromatic carbocycles. The van der Waals surface area contributed by atoms with Crippen molar-refractivity contribution in [2.75, 3.05) is 31.6 Å². The molecule has 8 nitrogen and oxygen atoms in total. The van der Waals surface area contributed by atoms with E-state index in [0.29, 0.717) is 50.0 Å². The molecular formula is C29H25F3N4O4. The number of hydrogen-bond acceptors (Lipinski definition) is 6. The summed E-state index contributed by atoms with van der Waals surface area (Å²) in [6.07, 6.45) is -2.47. The number of carbonyl (C=O) groups excluding carboxylic acids is 1. The molecule has 1 aliphatic carbocycles. The fraction of sp³-hybridized carbons (Fsp3) is 0.276. The van der Waals surface area contributed by atoms with Gasteiger partial charge in [0, 0.05) is 13.1 Å². The van der Waals surface area contributed by atoms with E-state index in [1.54, 1.807) is 6.07 Å². The number of ether oxygens (including phenoxy) is 2. The Kier molecular flexibility index (Phi) is 6.55. The Hall–Kier alpha value is -4.22. The normalized spacial score (nSPS) is 17.0. The van der Waals surface area contributed by atoms with Gasteiger partial charge in [-0.1, -0.05) is 36.4 Å². The van der Waals surface area contributed by atoms with E-state index >= 15 is 0 Å². The number of nitrogens with one attached hydrogen (secondary N) is 1. The molecule has 4 aromatic rings. The van der Waals surface area contributed by atoms with Gasteiger partial charge in [-0.25, -0.2) is 4.98 Å². The van der Waals surface area contributed by atoms with E-state index in [2.05, 4.69) is 15.0 Å². The molecule has 2 fully saturated rings. The predicted molar refractivity (Wildman–Crippen MR) is 142 cm³/mol. The zero-order valence-corrected chi connectivity index (χ0v) is 21.3. The van der Waals surface area contributed by atoms with Crippen LogP contribution < -0.4 is 15.6 Å². The van der Waals surface area contributed by atoms with Crippen molar-refractivity contribution in [3.8, 4) is 22.6 Å². The second kappa shape index (κ2) is 10.1. The summed E-state index contributed by atoms with van der Waals surface area (Å²) in [6.45, 7) is 2.09. The summed E-state index contributed by atoms with van der Waals surface area (Å²) in [5, 5.41) is 2.98. The van der Waals surface area contributed by atoms with Crippen molar-refractivity contribution >= 4 is 22.5 Å². The Bertz CT molecular complexity index is 1630. The summed E-state index contributed by atoms with van der Waals surface area (Å²) in [5.74, 6) is -0.993. The summed E-state index contributed by atoms with van der Waals surface area (Å²) in [4.78, 5) is 33.2. The van der Waals surface area contributed by atoms with Gasteiger partial charge in [-0.15, -0.1) is 13.2 Å². The number of nitrogens with zero attached hydrogens (tertiary/aromatic N) is 3. The predicted octanol–water partition coefficient (Wildman–Crippen LogP) is 4.75. The molecule has 0 atom stereocenters. The molecule has 1 N–H and O–H groups in total. The molecule has 206 valence electrons. The van der Waals surface area contributed by atoms with Gasteiger partial charge in [-0.2, -0.15) is 0 Å². The number of aromatic nitrogens is 2. The molecule has 11 heteroatoms. The average Bonchev–Trinajstić information content (AvgIpc) is 3.77. The first-order chi connectivity index (χ1) is 19.2. The van der Waals surface area contributed by atoms with Crippen molar-refractivity contribution in [1.82, 2.24) is 14.5 Å². The number of rotatable bonds is 6. The van der Waals surface area contributed by atoms with E-state index in [0.717, 1.165) is 17.2 Å². The Morgan fingerprint density at radius 2 is 1.73 bits per heavy atom. The van der Waals surface area contributed by atoms with E-state index in [9.17, 15) is 22.8 Å². The van der Waals surface area contributed by atoms with Crippen molar-refractivity contribution in [2.45, 2.75) is 24.7 Å². The minimum Gasteiger partial charge on any atom is -0.404 e. The van der Waals surface area contributed by atoms with E-state index < -0.39 is 29.1 Å². The topological polar surface area (TPSA) is 85.7 Å². The quantitative estimate of drug-likeness (QED) is 0.373. The molecule has 2 aliphatic rings. The molecule has 0 bridgehead atoms. The molecule has 2 heterocycles. The van der Waals surface area contributed by atoms with Crippen molar-refractivity contribution in [1.29, 1.82) is 0 Å². The van der Waals surface area contributed by atoms with Gasteiger partial charge in [-0.05, 0) is 54.3 Å². The Balaban J connectivity index is 1.35. The van der Waals surface area contributed by atoms with Gasteiger partial charge in [-0.3, -0.25) is 19.1 Å². The number of fused-ring (bicyclic) bond motifs is 1. The number of amides is 1. The maximum atomic E-state index is 13.4. The number of benzene rings is 3. The zero-order chi connectivity index (χ0) is 27.9. The molecule has 1 saturated heterocycles. The van der Waals surface area contributed by atoms with Crippen LogP contribution >= 0.6 is 0 Å². The van der Waals surface area contributed by atoms with Gasteiger partial charge in [0.2, 0.25) is 5.91 Å². The Morgan fingerprint density at radius 3 is 2.42 bits per heavy atom. The first-order valence-corrected chi connectivity index (χ1v) is 12.8. The first-order valence-electron chi connectivity index (χ1n) is 12.8. The smallest absolute Gasteiger partial charge is 0.404 e. The first kappa shape index (κ1) is 26.0. The molecule has 6 rings (SSSR count). The third kappa shape index (κ3) is 5.05. The highest BCUT2D eigenvalue weighted by molar-refractivity contribution is 6.01. The monoisotopic (exact) mass is 550 g/mol. The summed E-state index contributed by atoms with van der Waals surface area (Å²) >= 11 is 0. The van der Waals surface area contributed by atoms with Crippen LogP contribution in [0, 0.1) is 0 Å². The molecule has 0 unspecified atom stereocenters. The van der Waals surface area contributed by atoms with Crippen LogP contribution in [0.5, 0.6) is 5.75 Å². The highest BCUT2D eigenvalue weighted by Gasteiger charge is 2.54. The highest BCUT2D eigenvalue weighted by Crippen LogP contribution is 2.44. The third-order valence-electron chi connectivity index (χ3n) is 7.34. The van der Waals surface area contributed by atoms with E-state index in [1.165, 1.54) is 23.0 Å². The van der Waals surface area contributed by atoms with Gasteiger partial charge >= 0.3 is 6.36 Å². The maximum Gasteiger partial charge on any atom is 0.573 e. The van der Waals surface area contributed by atoms with E-state index in [-0.39, 0.29) is 11.4 Å². The van der Waals surface area contributed by atoms with Gasteiger partial charge in [0.05, 0.1) is 35.5 Å². The zero-order valence-electron chi connectivity index (χ0n) is 21.3. The Labute approximate surface area is 227 Å². The minimum absolute atomic E-state index is 0.189. The van der Waals surface area contributed by atoms with E-state index in [4.69, 9.17) is 4.74 Å². The van der Waals surface area contributed by atoms with Crippen LogP contribution in [-0.2, 0) is 9.53 Å². The SMILES string of the molecule is O=C(Nc1cc(-n2cnc3cc(-c4ccccc4)ccc3c2=O)ccc1OC(F)(F)F)C1(N2CCOCC2)CC1. The second-order valence-corrected chi connectivity index (χ2v) is 9.83. The fourth-order valence-electron chi connectivity index (χ4n) is 5.13. The van der Waals surface area contributed by atoms with Gasteiger partial charge in [0.15, 0.2) is 5.75 Å². The Morgan fingerprint density at radius 1 is 0.975 bits per heavy atom. The lowest BCUT2D eigenvalue weighted by atomic mass is 10.0. The summed E-state index contributed by atoms with van der Waals surface area (Å²) in [5.41, 5.74) is 1.19. The minimum atomic E-state index is -4.97.